The van der Waals surface area contributed by atoms with Gasteiger partial charge in [-0.25, -0.2) is 4.79 Å². The van der Waals surface area contributed by atoms with Crippen molar-refractivity contribution in [1.29, 1.82) is 0 Å². The van der Waals surface area contributed by atoms with Gasteiger partial charge in [0.1, 0.15) is 6.10 Å². The first-order valence-corrected chi connectivity index (χ1v) is 8.01. The van der Waals surface area contributed by atoms with Crippen LogP contribution in [0.4, 0.5) is 23.7 Å². The number of nitrogens with one attached hydrogen (secondary N) is 1. The molecule has 5 nitrogen and oxygen atoms in total. The standard InChI is InChI=1S/C16H20F3N3O2/c17-16(18,19)12-2-1-3-13(10-12)22-8-6-21(7-9-22)5-4-14-11-20-15(23)24-14/h1-3,10,14H,4-9,11H2,(H,20,23). The molecule has 1 atom stereocenters. The number of hydrogen-bond acceptors (Lipinski definition) is 4. The number of ether oxygens (including phenoxy) is 1. The molecule has 2 saturated heterocycles. The van der Waals surface area contributed by atoms with Crippen molar-refractivity contribution in [3.05, 3.63) is 29.8 Å². The lowest BCUT2D eigenvalue weighted by Gasteiger charge is -2.36. The van der Waals surface area contributed by atoms with E-state index >= 15 is 0 Å². The maximum absolute atomic E-state index is 12.8. The van der Waals surface area contributed by atoms with Gasteiger partial charge in [0.05, 0.1) is 12.1 Å². The second kappa shape index (κ2) is 6.88. The normalized spacial score (nSPS) is 22.4. The molecule has 2 fully saturated rings. The molecular formula is C16H20F3N3O2. The highest BCUT2D eigenvalue weighted by molar-refractivity contribution is 5.69. The number of carbonyl (C=O) groups is 1. The lowest BCUT2D eigenvalue weighted by molar-refractivity contribution is -0.137. The minimum absolute atomic E-state index is 0.0843. The van der Waals surface area contributed by atoms with Gasteiger partial charge in [0.25, 0.3) is 0 Å². The molecule has 3 rings (SSSR count). The Morgan fingerprint density at radius 3 is 2.58 bits per heavy atom. The van der Waals surface area contributed by atoms with Crippen LogP contribution in [0.3, 0.4) is 0 Å². The molecule has 2 heterocycles. The highest BCUT2D eigenvalue weighted by Crippen LogP contribution is 2.31. The van der Waals surface area contributed by atoms with Crippen molar-refractivity contribution in [1.82, 2.24) is 10.2 Å². The number of benzene rings is 1. The van der Waals surface area contributed by atoms with Crippen molar-refractivity contribution in [2.75, 3.05) is 44.2 Å². The molecule has 132 valence electrons. The molecule has 0 aliphatic carbocycles. The molecule has 0 aromatic heterocycles. The second-order valence-corrected chi connectivity index (χ2v) is 6.07. The molecule has 2 aliphatic heterocycles. The van der Waals surface area contributed by atoms with E-state index in [0.717, 1.165) is 32.1 Å². The van der Waals surface area contributed by atoms with Crippen LogP contribution in [0.5, 0.6) is 0 Å². The molecule has 0 saturated carbocycles. The van der Waals surface area contributed by atoms with Gasteiger partial charge in [-0.15, -0.1) is 0 Å². The van der Waals surface area contributed by atoms with Crippen LogP contribution in [0.1, 0.15) is 12.0 Å². The molecular weight excluding hydrogens is 323 g/mol. The molecule has 1 aromatic carbocycles. The van der Waals surface area contributed by atoms with E-state index in [4.69, 9.17) is 4.74 Å². The van der Waals surface area contributed by atoms with E-state index in [9.17, 15) is 18.0 Å². The zero-order valence-corrected chi connectivity index (χ0v) is 13.2. The number of alkyl carbamates (subject to hydrolysis) is 1. The highest BCUT2D eigenvalue weighted by Gasteiger charge is 2.31. The number of nitrogens with zero attached hydrogens (tertiary/aromatic N) is 2. The molecule has 1 N–H and O–H groups in total. The third kappa shape index (κ3) is 4.11. The van der Waals surface area contributed by atoms with Crippen LogP contribution in [0, 0.1) is 0 Å². The van der Waals surface area contributed by atoms with Gasteiger partial charge in [0.15, 0.2) is 0 Å². The fourth-order valence-electron chi connectivity index (χ4n) is 3.03. The van der Waals surface area contributed by atoms with Crippen LogP contribution >= 0.6 is 0 Å². The summed E-state index contributed by atoms with van der Waals surface area (Å²) in [4.78, 5) is 15.2. The summed E-state index contributed by atoms with van der Waals surface area (Å²) in [6.45, 7) is 4.29. The average molecular weight is 343 g/mol. The molecule has 2 aliphatic rings. The first-order valence-electron chi connectivity index (χ1n) is 8.01. The van der Waals surface area contributed by atoms with Crippen molar-refractivity contribution >= 4 is 11.8 Å². The number of rotatable bonds is 4. The predicted molar refractivity (Wildman–Crippen MR) is 83.0 cm³/mol. The zero-order chi connectivity index (χ0) is 17.2. The largest absolute Gasteiger partial charge is 0.444 e. The SMILES string of the molecule is O=C1NCC(CCN2CCN(c3cccc(C(F)(F)F)c3)CC2)O1. The Morgan fingerprint density at radius 1 is 1.21 bits per heavy atom. The van der Waals surface area contributed by atoms with E-state index in [1.54, 1.807) is 6.07 Å². The Bertz CT molecular complexity index is 586. The Hall–Kier alpha value is -1.96. The first kappa shape index (κ1) is 16.9. The maximum Gasteiger partial charge on any atom is 0.416 e. The van der Waals surface area contributed by atoms with Crippen molar-refractivity contribution < 1.29 is 22.7 Å². The highest BCUT2D eigenvalue weighted by atomic mass is 19.4. The van der Waals surface area contributed by atoms with Crippen LogP contribution in [-0.2, 0) is 10.9 Å². The molecule has 0 bridgehead atoms. The monoisotopic (exact) mass is 343 g/mol. The van der Waals surface area contributed by atoms with Crippen molar-refractivity contribution in [2.24, 2.45) is 0 Å². The van der Waals surface area contributed by atoms with E-state index < -0.39 is 11.7 Å². The summed E-state index contributed by atoms with van der Waals surface area (Å²) in [6.07, 6.45) is -4.00. The number of halogens is 3. The van der Waals surface area contributed by atoms with Crippen LogP contribution in [0.25, 0.3) is 0 Å². The molecule has 24 heavy (non-hydrogen) atoms. The van der Waals surface area contributed by atoms with Crippen molar-refractivity contribution in [3.8, 4) is 0 Å². The average Bonchev–Trinajstić information content (AvgIpc) is 2.98. The van der Waals surface area contributed by atoms with Gasteiger partial charge in [0.2, 0.25) is 0 Å². The van der Waals surface area contributed by atoms with E-state index in [1.165, 1.54) is 12.1 Å². The number of carbonyl (C=O) groups excluding carboxylic acids is 1. The minimum Gasteiger partial charge on any atom is -0.444 e. The van der Waals surface area contributed by atoms with Crippen LogP contribution in [-0.4, -0.2) is 56.4 Å². The fourth-order valence-corrected chi connectivity index (χ4v) is 3.03. The lowest BCUT2D eigenvalue weighted by Crippen LogP contribution is -2.47. The maximum atomic E-state index is 12.8. The summed E-state index contributed by atoms with van der Waals surface area (Å²) in [6, 6.07) is 5.47. The second-order valence-electron chi connectivity index (χ2n) is 6.07. The van der Waals surface area contributed by atoms with Gasteiger partial charge in [-0.05, 0) is 24.6 Å². The van der Waals surface area contributed by atoms with Gasteiger partial charge in [0, 0.05) is 38.4 Å². The molecule has 1 amide bonds. The van der Waals surface area contributed by atoms with Crippen molar-refractivity contribution in [2.45, 2.75) is 18.7 Å². The molecule has 1 unspecified atom stereocenters. The van der Waals surface area contributed by atoms with E-state index in [1.807, 2.05) is 4.90 Å². The number of alkyl halides is 3. The minimum atomic E-state index is -4.31. The van der Waals surface area contributed by atoms with Gasteiger partial charge in [-0.2, -0.15) is 13.2 Å². The van der Waals surface area contributed by atoms with Crippen LogP contribution in [0.15, 0.2) is 24.3 Å². The van der Waals surface area contributed by atoms with Crippen LogP contribution in [0.2, 0.25) is 0 Å². The summed E-state index contributed by atoms with van der Waals surface area (Å²) in [5.74, 6) is 0. The lowest BCUT2D eigenvalue weighted by atomic mass is 10.1. The number of cyclic esters (lactones) is 1. The predicted octanol–water partition coefficient (Wildman–Crippen LogP) is 2.33. The van der Waals surface area contributed by atoms with E-state index in [-0.39, 0.29) is 12.2 Å². The van der Waals surface area contributed by atoms with E-state index in [2.05, 4.69) is 10.2 Å². The van der Waals surface area contributed by atoms with E-state index in [0.29, 0.717) is 25.3 Å². The van der Waals surface area contributed by atoms with Gasteiger partial charge in [-0.1, -0.05) is 6.07 Å². The zero-order valence-electron chi connectivity index (χ0n) is 13.2. The quantitative estimate of drug-likeness (QED) is 0.911. The Morgan fingerprint density at radius 2 is 1.96 bits per heavy atom. The van der Waals surface area contributed by atoms with Crippen molar-refractivity contribution in [3.63, 3.8) is 0 Å². The molecule has 1 aromatic rings. The Balaban J connectivity index is 1.49. The first-order chi connectivity index (χ1) is 11.4. The van der Waals surface area contributed by atoms with Gasteiger partial charge < -0.3 is 15.0 Å². The summed E-state index contributed by atoms with van der Waals surface area (Å²) in [5.41, 5.74) is -0.00335. The Kier molecular flexibility index (Phi) is 4.84. The summed E-state index contributed by atoms with van der Waals surface area (Å²) in [5, 5.41) is 2.62. The third-order valence-electron chi connectivity index (χ3n) is 4.43. The summed E-state index contributed by atoms with van der Waals surface area (Å²) < 4.78 is 43.5. The number of piperazine rings is 1. The number of amides is 1. The third-order valence-corrected chi connectivity index (χ3v) is 4.43. The number of hydrogen-bond donors (Lipinski definition) is 1. The molecule has 0 radical (unpaired) electrons. The topological polar surface area (TPSA) is 44.8 Å². The summed E-state index contributed by atoms with van der Waals surface area (Å²) >= 11 is 0. The summed E-state index contributed by atoms with van der Waals surface area (Å²) in [7, 11) is 0. The van der Waals surface area contributed by atoms with Gasteiger partial charge in [-0.3, -0.25) is 4.90 Å². The smallest absolute Gasteiger partial charge is 0.416 e. The molecule has 0 spiro atoms. The molecule has 8 heteroatoms. The number of anilines is 1. The van der Waals surface area contributed by atoms with Gasteiger partial charge >= 0.3 is 12.3 Å². The van der Waals surface area contributed by atoms with Crippen LogP contribution < -0.4 is 10.2 Å². The Labute approximate surface area is 138 Å². The fraction of sp³-hybridized carbons (Fsp3) is 0.562.